The van der Waals surface area contributed by atoms with Crippen LogP contribution in [-0.2, 0) is 10.0 Å². The lowest BCUT2D eigenvalue weighted by molar-refractivity contribution is 0.102. The summed E-state index contributed by atoms with van der Waals surface area (Å²) in [4.78, 5) is 20.3. The molecule has 1 aromatic carbocycles. The zero-order valence-electron chi connectivity index (χ0n) is 19.7. The summed E-state index contributed by atoms with van der Waals surface area (Å²) in [7, 11) is -3.39. The normalized spacial score (nSPS) is 11.8. The van der Waals surface area contributed by atoms with E-state index in [4.69, 9.17) is 4.98 Å². The summed E-state index contributed by atoms with van der Waals surface area (Å²) in [6, 6.07) is 11.0. The second kappa shape index (κ2) is 9.19. The molecule has 0 bridgehead atoms. The number of sulfonamides is 1. The van der Waals surface area contributed by atoms with Gasteiger partial charge in [-0.05, 0) is 76.6 Å². The minimum Gasteiger partial charge on any atom is -0.322 e. The monoisotopic (exact) mass is 497 g/mol. The standard InChI is InChI=1S/C24H27N5O3S2/c1-6-34(31,32)28-20-9-8-17(11-15(20)4)26-24(30)18-12-21(22-10-7-16(5)33-22)27-23-19(18)13-25-29(23)14(2)3/h7-14,28H,6H2,1-5H3,(H,26,30). The first kappa shape index (κ1) is 23.9. The average Bonchev–Trinajstić information content (AvgIpc) is 3.41. The highest BCUT2D eigenvalue weighted by molar-refractivity contribution is 7.92. The van der Waals surface area contributed by atoms with Crippen LogP contribution in [0.3, 0.4) is 0 Å². The number of amides is 1. The van der Waals surface area contributed by atoms with Crippen molar-refractivity contribution in [2.24, 2.45) is 0 Å². The molecule has 0 aliphatic heterocycles. The molecule has 0 saturated carbocycles. The van der Waals surface area contributed by atoms with Crippen LogP contribution in [0.15, 0.2) is 42.6 Å². The quantitative estimate of drug-likeness (QED) is 0.357. The SMILES string of the molecule is CCS(=O)(=O)Nc1ccc(NC(=O)c2cc(-c3ccc(C)s3)nc3c2cnn3C(C)C)cc1C. The topological polar surface area (TPSA) is 106 Å². The molecule has 2 N–H and O–H groups in total. The summed E-state index contributed by atoms with van der Waals surface area (Å²) in [6.07, 6.45) is 1.68. The number of aromatic nitrogens is 3. The van der Waals surface area contributed by atoms with E-state index in [9.17, 15) is 13.2 Å². The highest BCUT2D eigenvalue weighted by Crippen LogP contribution is 2.31. The molecule has 0 radical (unpaired) electrons. The van der Waals surface area contributed by atoms with Gasteiger partial charge in [0.15, 0.2) is 5.65 Å². The Morgan fingerprint density at radius 1 is 1.15 bits per heavy atom. The van der Waals surface area contributed by atoms with Crippen molar-refractivity contribution in [3.8, 4) is 10.6 Å². The fraction of sp³-hybridized carbons (Fsp3) is 0.292. The fourth-order valence-electron chi connectivity index (χ4n) is 3.58. The summed E-state index contributed by atoms with van der Waals surface area (Å²) in [6.45, 7) is 9.44. The minimum absolute atomic E-state index is 0.0148. The molecule has 4 rings (SSSR count). The molecule has 0 fully saturated rings. The first-order valence-corrected chi connectivity index (χ1v) is 13.4. The van der Waals surface area contributed by atoms with Crippen LogP contribution >= 0.6 is 11.3 Å². The predicted octanol–water partition coefficient (Wildman–Crippen LogP) is 5.37. The molecule has 34 heavy (non-hydrogen) atoms. The Labute approximate surface area is 203 Å². The smallest absolute Gasteiger partial charge is 0.256 e. The van der Waals surface area contributed by atoms with Crippen LogP contribution in [0.5, 0.6) is 0 Å². The summed E-state index contributed by atoms with van der Waals surface area (Å²) in [5.41, 5.74) is 3.61. The molecule has 3 heterocycles. The van der Waals surface area contributed by atoms with Gasteiger partial charge in [0.1, 0.15) is 0 Å². The zero-order valence-corrected chi connectivity index (χ0v) is 21.3. The van der Waals surface area contributed by atoms with Gasteiger partial charge in [-0.1, -0.05) is 0 Å². The van der Waals surface area contributed by atoms with Crippen LogP contribution < -0.4 is 10.0 Å². The largest absolute Gasteiger partial charge is 0.322 e. The van der Waals surface area contributed by atoms with Crippen LogP contribution in [0.4, 0.5) is 11.4 Å². The van der Waals surface area contributed by atoms with Crippen LogP contribution in [0.2, 0.25) is 0 Å². The van der Waals surface area contributed by atoms with E-state index in [2.05, 4.69) is 15.1 Å². The van der Waals surface area contributed by atoms with Crippen molar-refractivity contribution in [2.45, 2.75) is 40.7 Å². The third-order valence-corrected chi connectivity index (χ3v) is 7.74. The average molecular weight is 498 g/mol. The highest BCUT2D eigenvalue weighted by atomic mass is 32.2. The van der Waals surface area contributed by atoms with Crippen molar-refractivity contribution >= 4 is 49.7 Å². The van der Waals surface area contributed by atoms with Crippen LogP contribution in [0.1, 0.15) is 47.6 Å². The predicted molar refractivity (Wildman–Crippen MR) is 138 cm³/mol. The van der Waals surface area contributed by atoms with Crippen LogP contribution in [0.25, 0.3) is 21.6 Å². The maximum absolute atomic E-state index is 13.4. The number of fused-ring (bicyclic) bond motifs is 1. The number of nitrogens with zero attached hydrogens (tertiary/aromatic N) is 3. The molecule has 0 atom stereocenters. The van der Waals surface area contributed by atoms with Crippen molar-refractivity contribution in [2.75, 3.05) is 15.8 Å². The lowest BCUT2D eigenvalue weighted by Crippen LogP contribution is -2.16. The number of benzene rings is 1. The van der Waals surface area contributed by atoms with Gasteiger partial charge in [-0.25, -0.2) is 18.1 Å². The summed E-state index contributed by atoms with van der Waals surface area (Å²) >= 11 is 1.62. The third-order valence-electron chi connectivity index (χ3n) is 5.42. The number of hydrogen-bond acceptors (Lipinski definition) is 6. The molecule has 0 aliphatic carbocycles. The highest BCUT2D eigenvalue weighted by Gasteiger charge is 2.20. The van der Waals surface area contributed by atoms with E-state index in [0.717, 1.165) is 15.4 Å². The van der Waals surface area contributed by atoms with E-state index in [1.807, 2.05) is 37.6 Å². The van der Waals surface area contributed by atoms with E-state index in [0.29, 0.717) is 33.5 Å². The summed E-state index contributed by atoms with van der Waals surface area (Å²) in [5, 5.41) is 8.08. The third kappa shape index (κ3) is 4.83. The van der Waals surface area contributed by atoms with Gasteiger partial charge in [0.25, 0.3) is 5.91 Å². The number of carbonyl (C=O) groups is 1. The fourth-order valence-corrected chi connectivity index (χ4v) is 5.11. The van der Waals surface area contributed by atoms with Crippen molar-refractivity contribution < 1.29 is 13.2 Å². The van der Waals surface area contributed by atoms with Gasteiger partial charge in [-0.15, -0.1) is 11.3 Å². The van der Waals surface area contributed by atoms with Gasteiger partial charge < -0.3 is 5.32 Å². The number of pyridine rings is 1. The Morgan fingerprint density at radius 2 is 1.91 bits per heavy atom. The van der Waals surface area contributed by atoms with Gasteiger partial charge >= 0.3 is 0 Å². The summed E-state index contributed by atoms with van der Waals surface area (Å²) in [5.74, 6) is -0.300. The van der Waals surface area contributed by atoms with Crippen molar-refractivity contribution in [3.05, 3.63) is 58.6 Å². The number of carbonyl (C=O) groups excluding carboxylic acids is 1. The molecular formula is C24H27N5O3S2. The van der Waals surface area contributed by atoms with Gasteiger partial charge in [0.2, 0.25) is 10.0 Å². The van der Waals surface area contributed by atoms with Crippen molar-refractivity contribution in [1.29, 1.82) is 0 Å². The molecule has 178 valence electrons. The Hall–Kier alpha value is -3.24. The molecule has 0 spiro atoms. The number of rotatable bonds is 7. The maximum atomic E-state index is 13.4. The van der Waals surface area contributed by atoms with Crippen molar-refractivity contribution in [3.63, 3.8) is 0 Å². The van der Waals surface area contributed by atoms with E-state index in [-0.39, 0.29) is 17.7 Å². The summed E-state index contributed by atoms with van der Waals surface area (Å²) < 4.78 is 28.2. The number of hydrogen-bond donors (Lipinski definition) is 2. The Kier molecular flexibility index (Phi) is 6.46. The van der Waals surface area contributed by atoms with Gasteiger partial charge in [0, 0.05) is 16.6 Å². The zero-order chi connectivity index (χ0) is 24.6. The second-order valence-corrected chi connectivity index (χ2v) is 11.7. The second-order valence-electron chi connectivity index (χ2n) is 8.37. The van der Waals surface area contributed by atoms with E-state index >= 15 is 0 Å². The minimum atomic E-state index is -3.39. The molecule has 3 aromatic heterocycles. The number of anilines is 2. The lowest BCUT2D eigenvalue weighted by atomic mass is 10.1. The Balaban J connectivity index is 1.72. The lowest BCUT2D eigenvalue weighted by Gasteiger charge is -2.13. The first-order valence-electron chi connectivity index (χ1n) is 11.0. The Morgan fingerprint density at radius 3 is 2.53 bits per heavy atom. The molecule has 1 amide bonds. The molecule has 10 heteroatoms. The maximum Gasteiger partial charge on any atom is 0.256 e. The van der Waals surface area contributed by atoms with E-state index < -0.39 is 10.0 Å². The molecule has 8 nitrogen and oxygen atoms in total. The van der Waals surface area contributed by atoms with E-state index in [1.165, 1.54) is 0 Å². The first-order chi connectivity index (χ1) is 16.1. The Bertz CT molecular complexity index is 1490. The number of nitrogens with one attached hydrogen (secondary N) is 2. The molecule has 0 aliphatic rings. The van der Waals surface area contributed by atoms with Crippen LogP contribution in [0, 0.1) is 13.8 Å². The van der Waals surface area contributed by atoms with Crippen molar-refractivity contribution in [1.82, 2.24) is 14.8 Å². The van der Waals surface area contributed by atoms with Gasteiger partial charge in [-0.3, -0.25) is 9.52 Å². The van der Waals surface area contributed by atoms with Gasteiger partial charge in [-0.2, -0.15) is 5.10 Å². The number of thiophene rings is 1. The number of aryl methyl sites for hydroxylation is 2. The molecule has 0 saturated heterocycles. The van der Waals surface area contributed by atoms with Gasteiger partial charge in [0.05, 0.1) is 39.2 Å². The van der Waals surface area contributed by atoms with Crippen LogP contribution in [-0.4, -0.2) is 34.8 Å². The molecule has 0 unspecified atom stereocenters. The molecular weight excluding hydrogens is 470 g/mol. The van der Waals surface area contributed by atoms with E-state index in [1.54, 1.807) is 55.6 Å². The molecule has 4 aromatic rings.